The number of nitro benzene ring substituents is 3. The molecule has 0 atom stereocenters. The van der Waals surface area contributed by atoms with Crippen LogP contribution in [-0.4, -0.2) is 32.2 Å². The molecule has 0 aromatic heterocycles. The van der Waals surface area contributed by atoms with Crippen molar-refractivity contribution in [1.82, 2.24) is 0 Å². The highest BCUT2D eigenvalue weighted by atomic mass is 16.6. The number of aliphatic hydroxyl groups is 1. The molecule has 3 aromatic rings. The maximum Gasteiger partial charge on any atom is 0.284 e. The Balaban J connectivity index is 2.08. The molecule has 0 saturated carbocycles. The molecule has 0 fully saturated rings. The van der Waals surface area contributed by atoms with Crippen LogP contribution in [0.15, 0.2) is 59.6 Å². The summed E-state index contributed by atoms with van der Waals surface area (Å²) in [5, 5.41) is 43.8. The van der Waals surface area contributed by atoms with E-state index in [2.05, 4.69) is 4.99 Å². The van der Waals surface area contributed by atoms with E-state index < -0.39 is 26.1 Å². The highest BCUT2D eigenvalue weighted by Gasteiger charge is 2.36. The van der Waals surface area contributed by atoms with Gasteiger partial charge in [-0.15, -0.1) is 0 Å². The number of rotatable bonds is 6. The van der Waals surface area contributed by atoms with E-state index in [9.17, 15) is 35.4 Å². The van der Waals surface area contributed by atoms with Crippen LogP contribution in [0, 0.1) is 30.3 Å². The van der Waals surface area contributed by atoms with Gasteiger partial charge in [0.1, 0.15) is 0 Å². The zero-order valence-corrected chi connectivity index (χ0v) is 16.3. The Labute approximate surface area is 179 Å². The number of nitrogens with zero attached hydrogens (tertiary/aromatic N) is 4. The Morgan fingerprint density at radius 2 is 1.47 bits per heavy atom. The predicted molar refractivity (Wildman–Crippen MR) is 114 cm³/mol. The molecule has 160 valence electrons. The van der Waals surface area contributed by atoms with Crippen molar-refractivity contribution in [2.45, 2.75) is 6.42 Å². The molecule has 0 aliphatic heterocycles. The standard InChI is InChI=1S/C21H14N4O7/c26-8-7-12-3-1-2-4-18(12)22-21-16-9-13(23(27)28)5-6-15(16)20-17(21)10-14(24(29)30)11-19(20)25(31)32/h1-6,9-11,26H,7-8H2. The molecule has 0 bridgehead atoms. The van der Waals surface area contributed by atoms with Crippen molar-refractivity contribution in [1.29, 1.82) is 0 Å². The van der Waals surface area contributed by atoms with Crippen LogP contribution in [0.1, 0.15) is 16.7 Å². The molecule has 0 saturated heterocycles. The minimum Gasteiger partial charge on any atom is -0.396 e. The fourth-order valence-corrected chi connectivity index (χ4v) is 3.73. The van der Waals surface area contributed by atoms with Crippen molar-refractivity contribution in [2.24, 2.45) is 4.99 Å². The third kappa shape index (κ3) is 3.46. The van der Waals surface area contributed by atoms with Crippen molar-refractivity contribution in [3.05, 3.63) is 102 Å². The third-order valence-corrected chi connectivity index (χ3v) is 5.11. The second-order valence-electron chi connectivity index (χ2n) is 6.95. The lowest BCUT2D eigenvalue weighted by Crippen LogP contribution is -2.02. The molecule has 0 radical (unpaired) electrons. The van der Waals surface area contributed by atoms with Gasteiger partial charge in [-0.25, -0.2) is 4.99 Å². The molecular weight excluding hydrogens is 420 g/mol. The summed E-state index contributed by atoms with van der Waals surface area (Å²) in [7, 11) is 0. The van der Waals surface area contributed by atoms with E-state index in [4.69, 9.17) is 0 Å². The topological polar surface area (TPSA) is 162 Å². The van der Waals surface area contributed by atoms with Gasteiger partial charge in [0, 0.05) is 35.9 Å². The van der Waals surface area contributed by atoms with E-state index in [-0.39, 0.29) is 41.1 Å². The molecule has 0 amide bonds. The summed E-state index contributed by atoms with van der Waals surface area (Å²) in [6.07, 6.45) is 0.288. The fourth-order valence-electron chi connectivity index (χ4n) is 3.73. The summed E-state index contributed by atoms with van der Waals surface area (Å²) in [6.45, 7) is -0.141. The molecule has 32 heavy (non-hydrogen) atoms. The minimum absolute atomic E-state index is 0.115. The lowest BCUT2D eigenvalue weighted by molar-refractivity contribution is -0.393. The van der Waals surface area contributed by atoms with Gasteiger partial charge in [-0.05, 0) is 29.7 Å². The average molecular weight is 434 g/mol. The van der Waals surface area contributed by atoms with Gasteiger partial charge in [0.25, 0.3) is 17.1 Å². The van der Waals surface area contributed by atoms with Crippen LogP contribution in [0.3, 0.4) is 0 Å². The molecule has 11 heteroatoms. The molecule has 3 aromatic carbocycles. The van der Waals surface area contributed by atoms with Gasteiger partial charge >= 0.3 is 0 Å². The number of benzene rings is 3. The fraction of sp³-hybridized carbons (Fsp3) is 0.0952. The second kappa shape index (κ2) is 7.96. The van der Waals surface area contributed by atoms with Crippen LogP contribution >= 0.6 is 0 Å². The van der Waals surface area contributed by atoms with E-state index in [0.29, 0.717) is 16.8 Å². The highest BCUT2D eigenvalue weighted by molar-refractivity contribution is 6.27. The lowest BCUT2D eigenvalue weighted by atomic mass is 10.0. The van der Waals surface area contributed by atoms with Crippen LogP contribution in [0.4, 0.5) is 22.7 Å². The van der Waals surface area contributed by atoms with Gasteiger partial charge in [0.05, 0.1) is 37.8 Å². The van der Waals surface area contributed by atoms with E-state index in [1.54, 1.807) is 24.3 Å². The molecule has 1 N–H and O–H groups in total. The predicted octanol–water partition coefficient (Wildman–Crippen LogP) is 4.10. The van der Waals surface area contributed by atoms with Crippen LogP contribution < -0.4 is 0 Å². The number of non-ortho nitro benzene ring substituents is 2. The van der Waals surface area contributed by atoms with Crippen LogP contribution in [0.5, 0.6) is 0 Å². The molecule has 11 nitrogen and oxygen atoms in total. The van der Waals surface area contributed by atoms with Crippen molar-refractivity contribution < 1.29 is 19.9 Å². The van der Waals surface area contributed by atoms with Crippen molar-refractivity contribution >= 4 is 28.5 Å². The highest BCUT2D eigenvalue weighted by Crippen LogP contribution is 2.46. The molecule has 4 rings (SSSR count). The first-order valence-electron chi connectivity index (χ1n) is 9.35. The Kier molecular flexibility index (Phi) is 5.16. The monoisotopic (exact) mass is 434 g/mol. The first kappa shape index (κ1) is 20.8. The Morgan fingerprint density at radius 1 is 0.781 bits per heavy atom. The van der Waals surface area contributed by atoms with E-state index >= 15 is 0 Å². The number of fused-ring (bicyclic) bond motifs is 3. The van der Waals surface area contributed by atoms with E-state index in [0.717, 1.165) is 6.07 Å². The number of hydrogen-bond donors (Lipinski definition) is 1. The van der Waals surface area contributed by atoms with Crippen LogP contribution in [0.2, 0.25) is 0 Å². The SMILES string of the molecule is O=[N+]([O-])c1ccc2c(c1)C(=Nc1ccccc1CCO)c1cc([N+](=O)[O-])cc([N+](=O)[O-])c1-2. The van der Waals surface area contributed by atoms with Gasteiger partial charge in [0.15, 0.2) is 0 Å². The lowest BCUT2D eigenvalue weighted by Gasteiger charge is -2.07. The molecule has 0 spiro atoms. The summed E-state index contributed by atoms with van der Waals surface area (Å²) in [5.74, 6) is 0. The second-order valence-corrected chi connectivity index (χ2v) is 6.95. The number of para-hydroxylation sites is 1. The summed E-state index contributed by atoms with van der Waals surface area (Å²) in [6, 6.07) is 12.8. The summed E-state index contributed by atoms with van der Waals surface area (Å²) in [5.41, 5.74) is 0.887. The maximum atomic E-state index is 11.7. The van der Waals surface area contributed by atoms with Gasteiger partial charge < -0.3 is 5.11 Å². The summed E-state index contributed by atoms with van der Waals surface area (Å²) < 4.78 is 0. The normalized spacial score (nSPS) is 13.0. The molecule has 0 unspecified atom stereocenters. The van der Waals surface area contributed by atoms with Crippen molar-refractivity contribution in [3.63, 3.8) is 0 Å². The minimum atomic E-state index is -0.740. The van der Waals surface area contributed by atoms with E-state index in [1.165, 1.54) is 24.3 Å². The summed E-state index contributed by atoms with van der Waals surface area (Å²) >= 11 is 0. The van der Waals surface area contributed by atoms with Crippen LogP contribution in [0.25, 0.3) is 11.1 Å². The Morgan fingerprint density at radius 3 is 2.12 bits per heavy atom. The zero-order chi connectivity index (χ0) is 23.0. The van der Waals surface area contributed by atoms with Crippen LogP contribution in [-0.2, 0) is 6.42 Å². The number of hydrogen-bond acceptors (Lipinski definition) is 8. The Hall–Kier alpha value is -4.51. The molecule has 1 aliphatic carbocycles. The zero-order valence-electron chi connectivity index (χ0n) is 16.3. The Bertz CT molecular complexity index is 1330. The average Bonchev–Trinajstić information content (AvgIpc) is 3.07. The first-order chi connectivity index (χ1) is 15.3. The quantitative estimate of drug-likeness (QED) is 0.353. The van der Waals surface area contributed by atoms with Gasteiger partial charge in [-0.3, -0.25) is 30.3 Å². The first-order valence-corrected chi connectivity index (χ1v) is 9.35. The van der Waals surface area contributed by atoms with Crippen molar-refractivity contribution in [3.8, 4) is 11.1 Å². The third-order valence-electron chi connectivity index (χ3n) is 5.11. The smallest absolute Gasteiger partial charge is 0.284 e. The maximum absolute atomic E-state index is 11.7. The van der Waals surface area contributed by atoms with E-state index in [1.807, 2.05) is 0 Å². The number of aliphatic imine (C=N–C) groups is 1. The molecular formula is C21H14N4O7. The molecule has 1 aliphatic rings. The summed E-state index contributed by atoms with van der Waals surface area (Å²) in [4.78, 5) is 37.0. The molecule has 0 heterocycles. The van der Waals surface area contributed by atoms with Gasteiger partial charge in [0.2, 0.25) is 0 Å². The van der Waals surface area contributed by atoms with Gasteiger partial charge in [-0.1, -0.05) is 18.2 Å². The largest absolute Gasteiger partial charge is 0.396 e. The number of aliphatic hydroxyl groups excluding tert-OH is 1. The van der Waals surface area contributed by atoms with Gasteiger partial charge in [-0.2, -0.15) is 0 Å². The number of nitro groups is 3. The van der Waals surface area contributed by atoms with Crippen molar-refractivity contribution in [2.75, 3.05) is 6.61 Å².